The molecule has 0 aliphatic heterocycles. The quantitative estimate of drug-likeness (QED) is 0.864. The molecule has 80 valence electrons. The van der Waals surface area contributed by atoms with Crippen molar-refractivity contribution in [1.82, 2.24) is 10.5 Å². The van der Waals surface area contributed by atoms with E-state index >= 15 is 0 Å². The molecule has 0 aliphatic carbocycles. The van der Waals surface area contributed by atoms with Gasteiger partial charge in [0, 0.05) is 24.0 Å². The van der Waals surface area contributed by atoms with Gasteiger partial charge in [-0.05, 0) is 30.9 Å². The topological polar surface area (TPSA) is 38.1 Å². The first kappa shape index (κ1) is 10.4. The number of hydrogen-bond acceptors (Lipinski definition) is 4. The maximum Gasteiger partial charge on any atom is 0.133 e. The lowest BCUT2D eigenvalue weighted by Gasteiger charge is -2.00. The van der Waals surface area contributed by atoms with Crippen LogP contribution in [0.5, 0.6) is 0 Å². The zero-order valence-electron chi connectivity index (χ0n) is 8.91. The first-order valence-electron chi connectivity index (χ1n) is 4.91. The van der Waals surface area contributed by atoms with Crippen LogP contribution in [0.3, 0.4) is 0 Å². The maximum atomic E-state index is 4.99. The van der Waals surface area contributed by atoms with Gasteiger partial charge in [0.15, 0.2) is 0 Å². The van der Waals surface area contributed by atoms with Gasteiger partial charge in [0.1, 0.15) is 5.76 Å². The Morgan fingerprint density at radius 1 is 1.40 bits per heavy atom. The lowest BCUT2D eigenvalue weighted by Crippen LogP contribution is -2.12. The number of hydrogen-bond donors (Lipinski definition) is 1. The molecular weight excluding hydrogens is 208 g/mol. The van der Waals surface area contributed by atoms with Gasteiger partial charge in [-0.3, -0.25) is 0 Å². The van der Waals surface area contributed by atoms with E-state index in [1.54, 1.807) is 11.3 Å². The minimum Gasteiger partial charge on any atom is -0.361 e. The van der Waals surface area contributed by atoms with Crippen LogP contribution in [0.25, 0.3) is 0 Å². The number of nitrogens with zero attached hydrogens (tertiary/aromatic N) is 1. The van der Waals surface area contributed by atoms with Crippen molar-refractivity contribution in [3.63, 3.8) is 0 Å². The summed E-state index contributed by atoms with van der Waals surface area (Å²) in [4.78, 5) is 1.38. The highest BCUT2D eigenvalue weighted by molar-refractivity contribution is 7.10. The zero-order chi connectivity index (χ0) is 10.7. The fourth-order valence-corrected chi connectivity index (χ4v) is 2.27. The van der Waals surface area contributed by atoms with Crippen LogP contribution in [0, 0.1) is 13.8 Å². The number of rotatable bonds is 4. The van der Waals surface area contributed by atoms with Crippen molar-refractivity contribution in [2.24, 2.45) is 0 Å². The van der Waals surface area contributed by atoms with Crippen molar-refractivity contribution >= 4 is 11.3 Å². The highest BCUT2D eigenvalue weighted by Crippen LogP contribution is 2.14. The highest BCUT2D eigenvalue weighted by Gasteiger charge is 2.01. The highest BCUT2D eigenvalue weighted by atomic mass is 32.1. The second-order valence-electron chi connectivity index (χ2n) is 3.56. The number of aromatic nitrogens is 1. The molecule has 0 saturated heterocycles. The van der Waals surface area contributed by atoms with E-state index in [-0.39, 0.29) is 0 Å². The van der Waals surface area contributed by atoms with Crippen molar-refractivity contribution in [3.8, 4) is 0 Å². The molecule has 0 unspecified atom stereocenters. The largest absolute Gasteiger partial charge is 0.361 e. The van der Waals surface area contributed by atoms with Crippen molar-refractivity contribution < 1.29 is 4.52 Å². The monoisotopic (exact) mass is 222 g/mol. The molecule has 0 aliphatic rings. The molecule has 2 aromatic rings. The summed E-state index contributed by atoms with van der Waals surface area (Å²) < 4.78 is 4.99. The van der Waals surface area contributed by atoms with E-state index in [9.17, 15) is 0 Å². The molecule has 0 amide bonds. The van der Waals surface area contributed by atoms with Crippen LogP contribution in [0.15, 0.2) is 22.0 Å². The molecule has 0 atom stereocenters. The predicted molar refractivity (Wildman–Crippen MR) is 60.8 cm³/mol. The van der Waals surface area contributed by atoms with Crippen molar-refractivity contribution in [2.75, 3.05) is 0 Å². The third-order valence-corrected chi connectivity index (χ3v) is 3.26. The molecule has 0 fully saturated rings. The van der Waals surface area contributed by atoms with Crippen molar-refractivity contribution in [3.05, 3.63) is 39.4 Å². The molecule has 2 rings (SSSR count). The van der Waals surface area contributed by atoms with Gasteiger partial charge in [-0.2, -0.15) is 0 Å². The van der Waals surface area contributed by atoms with Crippen LogP contribution in [0.2, 0.25) is 0 Å². The summed E-state index contributed by atoms with van der Waals surface area (Å²) in [6.07, 6.45) is 0. The first-order valence-corrected chi connectivity index (χ1v) is 5.79. The van der Waals surface area contributed by atoms with Crippen LogP contribution in [0.4, 0.5) is 0 Å². The molecule has 4 heteroatoms. The molecule has 15 heavy (non-hydrogen) atoms. The van der Waals surface area contributed by atoms with E-state index in [1.165, 1.54) is 10.4 Å². The van der Waals surface area contributed by atoms with Gasteiger partial charge in [-0.25, -0.2) is 0 Å². The van der Waals surface area contributed by atoms with Gasteiger partial charge in [0.2, 0.25) is 0 Å². The van der Waals surface area contributed by atoms with Gasteiger partial charge in [0.05, 0.1) is 5.69 Å². The summed E-state index contributed by atoms with van der Waals surface area (Å²) in [7, 11) is 0. The van der Waals surface area contributed by atoms with Gasteiger partial charge >= 0.3 is 0 Å². The van der Waals surface area contributed by atoms with E-state index in [2.05, 4.69) is 28.8 Å². The molecule has 0 radical (unpaired) electrons. The molecule has 2 aromatic heterocycles. The Kier molecular flexibility index (Phi) is 3.18. The molecule has 0 aromatic carbocycles. The zero-order valence-corrected chi connectivity index (χ0v) is 9.73. The third kappa shape index (κ3) is 2.67. The summed E-state index contributed by atoms with van der Waals surface area (Å²) >= 11 is 1.78. The van der Waals surface area contributed by atoms with Crippen LogP contribution < -0.4 is 5.32 Å². The van der Waals surface area contributed by atoms with Crippen LogP contribution in [-0.4, -0.2) is 5.16 Å². The average Bonchev–Trinajstić information content (AvgIpc) is 2.77. The predicted octanol–water partition coefficient (Wildman–Crippen LogP) is 2.64. The second-order valence-corrected chi connectivity index (χ2v) is 4.56. The summed E-state index contributed by atoms with van der Waals surface area (Å²) in [5.41, 5.74) is 2.31. The first-order chi connectivity index (χ1) is 7.25. The SMILES string of the molecule is Cc1cc(CNCc2sccc2C)no1. The van der Waals surface area contributed by atoms with E-state index in [4.69, 9.17) is 4.52 Å². The van der Waals surface area contributed by atoms with Gasteiger partial charge < -0.3 is 9.84 Å². The van der Waals surface area contributed by atoms with Gasteiger partial charge in [-0.1, -0.05) is 5.16 Å². The number of thiophene rings is 1. The normalized spacial score (nSPS) is 10.8. The Hall–Kier alpha value is -1.13. The molecule has 0 saturated carbocycles. The van der Waals surface area contributed by atoms with Gasteiger partial charge in [-0.15, -0.1) is 11.3 Å². The summed E-state index contributed by atoms with van der Waals surface area (Å²) in [5, 5.41) is 9.39. The summed E-state index contributed by atoms with van der Waals surface area (Å²) in [5.74, 6) is 0.860. The van der Waals surface area contributed by atoms with Crippen molar-refractivity contribution in [1.29, 1.82) is 0 Å². The summed E-state index contributed by atoms with van der Waals surface area (Å²) in [6.45, 7) is 5.69. The molecule has 3 nitrogen and oxygen atoms in total. The Morgan fingerprint density at radius 3 is 2.87 bits per heavy atom. The molecule has 2 heterocycles. The maximum absolute atomic E-state index is 4.99. The Labute approximate surface area is 93.1 Å². The molecular formula is C11H14N2OS. The minimum atomic E-state index is 0.759. The van der Waals surface area contributed by atoms with Crippen LogP contribution >= 0.6 is 11.3 Å². The van der Waals surface area contributed by atoms with E-state index < -0.39 is 0 Å². The Morgan fingerprint density at radius 2 is 2.27 bits per heavy atom. The van der Waals surface area contributed by atoms with Crippen LogP contribution in [0.1, 0.15) is 21.9 Å². The van der Waals surface area contributed by atoms with E-state index in [1.807, 2.05) is 13.0 Å². The molecule has 1 N–H and O–H groups in total. The van der Waals surface area contributed by atoms with Crippen LogP contribution in [-0.2, 0) is 13.1 Å². The van der Waals surface area contributed by atoms with Crippen molar-refractivity contribution in [2.45, 2.75) is 26.9 Å². The fraction of sp³-hybridized carbons (Fsp3) is 0.364. The minimum absolute atomic E-state index is 0.759. The number of nitrogens with one attached hydrogen (secondary N) is 1. The fourth-order valence-electron chi connectivity index (χ4n) is 1.39. The van der Waals surface area contributed by atoms with E-state index in [0.717, 1.165) is 24.5 Å². The Bertz CT molecular complexity index is 433. The molecule has 0 bridgehead atoms. The van der Waals surface area contributed by atoms with Gasteiger partial charge in [0.25, 0.3) is 0 Å². The number of aryl methyl sites for hydroxylation is 2. The molecule has 0 spiro atoms. The standard InChI is InChI=1S/C11H14N2OS/c1-8-3-4-15-11(8)7-12-6-10-5-9(2)14-13-10/h3-5,12H,6-7H2,1-2H3. The lowest BCUT2D eigenvalue weighted by molar-refractivity contribution is 0.388. The van der Waals surface area contributed by atoms with E-state index in [0.29, 0.717) is 0 Å². The second kappa shape index (κ2) is 4.59. The average molecular weight is 222 g/mol. The third-order valence-electron chi connectivity index (χ3n) is 2.24. The Balaban J connectivity index is 1.83. The lowest BCUT2D eigenvalue weighted by atomic mass is 10.3. The smallest absolute Gasteiger partial charge is 0.133 e. The summed E-state index contributed by atoms with van der Waals surface area (Å²) in [6, 6.07) is 4.09.